The highest BCUT2D eigenvalue weighted by Gasteiger charge is 2.27. The van der Waals surface area contributed by atoms with Gasteiger partial charge in [0, 0.05) is 4.88 Å². The molecule has 0 N–H and O–H groups in total. The Morgan fingerprint density at radius 3 is 2.56 bits per heavy atom. The van der Waals surface area contributed by atoms with Crippen LogP contribution in [0.4, 0.5) is 0 Å². The van der Waals surface area contributed by atoms with Crippen molar-refractivity contribution in [1.82, 2.24) is 14.5 Å². The molecule has 0 spiro atoms. The average Bonchev–Trinajstić information content (AvgIpc) is 3.23. The number of aryl methyl sites for hydroxylation is 2. The summed E-state index contributed by atoms with van der Waals surface area (Å²) in [6.07, 6.45) is 2.90. The molecule has 2 unspecified atom stereocenters. The molecule has 7 heteroatoms. The molecule has 27 heavy (non-hydrogen) atoms. The summed E-state index contributed by atoms with van der Waals surface area (Å²) in [4.78, 5) is 35.0. The number of thiophene rings is 1. The zero-order valence-corrected chi connectivity index (χ0v) is 17.7. The van der Waals surface area contributed by atoms with E-state index in [0.29, 0.717) is 17.8 Å². The van der Waals surface area contributed by atoms with Crippen molar-refractivity contribution in [2.75, 3.05) is 13.1 Å². The minimum absolute atomic E-state index is 0.135. The van der Waals surface area contributed by atoms with Crippen LogP contribution in [0, 0.1) is 13.8 Å². The van der Waals surface area contributed by atoms with E-state index in [1.165, 1.54) is 0 Å². The Hall–Kier alpha value is -1.73. The number of hydrogen-bond acceptors (Lipinski definition) is 6. The Bertz CT molecular complexity index is 896. The van der Waals surface area contributed by atoms with Crippen molar-refractivity contribution in [3.8, 4) is 0 Å². The van der Waals surface area contributed by atoms with Crippen LogP contribution >= 0.6 is 11.3 Å². The van der Waals surface area contributed by atoms with Crippen molar-refractivity contribution in [2.45, 2.75) is 72.6 Å². The Labute approximate surface area is 164 Å². The zero-order valence-electron chi connectivity index (χ0n) is 16.9. The first-order chi connectivity index (χ1) is 12.8. The fourth-order valence-corrected chi connectivity index (χ4v) is 4.52. The van der Waals surface area contributed by atoms with Crippen LogP contribution in [0.15, 0.2) is 4.79 Å². The molecule has 0 radical (unpaired) electrons. The summed E-state index contributed by atoms with van der Waals surface area (Å²) < 4.78 is 7.07. The van der Waals surface area contributed by atoms with Crippen molar-refractivity contribution in [3.63, 3.8) is 0 Å². The third kappa shape index (κ3) is 3.94. The highest BCUT2D eigenvalue weighted by Crippen LogP contribution is 2.28. The van der Waals surface area contributed by atoms with Gasteiger partial charge in [0.25, 0.3) is 5.56 Å². The molecule has 3 heterocycles. The number of nitrogens with zero attached hydrogens (tertiary/aromatic N) is 3. The van der Waals surface area contributed by atoms with Crippen LogP contribution in [-0.2, 0) is 16.1 Å². The second-order valence-corrected chi connectivity index (χ2v) is 8.68. The second kappa shape index (κ2) is 8.10. The standard InChI is InChI=1S/C20H29N3O3S/c1-6-12(2)26-20(25)14(4)23-16(11-22-9-7-8-10-22)21-18-17(19(23)24)13(3)15(5)27-18/h12,14H,6-11H2,1-5H3. The maximum absolute atomic E-state index is 13.4. The number of carbonyl (C=O) groups is 1. The summed E-state index contributed by atoms with van der Waals surface area (Å²) in [7, 11) is 0. The molecule has 2 aromatic rings. The van der Waals surface area contributed by atoms with Gasteiger partial charge in [0.1, 0.15) is 16.7 Å². The summed E-state index contributed by atoms with van der Waals surface area (Å²) in [6.45, 7) is 12.1. The van der Waals surface area contributed by atoms with E-state index in [9.17, 15) is 9.59 Å². The summed E-state index contributed by atoms with van der Waals surface area (Å²) in [6, 6.07) is -0.694. The number of fused-ring (bicyclic) bond motifs is 1. The average molecular weight is 392 g/mol. The van der Waals surface area contributed by atoms with E-state index in [0.717, 1.165) is 47.6 Å². The van der Waals surface area contributed by atoms with E-state index in [-0.39, 0.29) is 17.6 Å². The molecule has 0 aliphatic carbocycles. The first-order valence-corrected chi connectivity index (χ1v) is 10.6. The van der Waals surface area contributed by atoms with Crippen LogP contribution in [0.3, 0.4) is 0 Å². The van der Waals surface area contributed by atoms with Gasteiger partial charge in [0.2, 0.25) is 0 Å². The second-order valence-electron chi connectivity index (χ2n) is 7.48. The molecule has 0 aromatic carbocycles. The third-order valence-electron chi connectivity index (χ3n) is 5.49. The molecule has 2 aromatic heterocycles. The molecular formula is C20H29N3O3S. The molecule has 148 valence electrons. The maximum atomic E-state index is 13.4. The SMILES string of the molecule is CCC(C)OC(=O)C(C)n1c(CN2CCCC2)nc2sc(C)c(C)c2c1=O. The van der Waals surface area contributed by atoms with E-state index in [1.54, 1.807) is 22.8 Å². The molecule has 1 fully saturated rings. The van der Waals surface area contributed by atoms with Gasteiger partial charge in [-0.2, -0.15) is 0 Å². The van der Waals surface area contributed by atoms with Gasteiger partial charge in [0.05, 0.1) is 18.0 Å². The minimum Gasteiger partial charge on any atom is -0.461 e. The molecular weight excluding hydrogens is 362 g/mol. The number of ether oxygens (including phenoxy) is 1. The molecule has 1 aliphatic rings. The molecule has 1 aliphatic heterocycles. The fraction of sp³-hybridized carbons (Fsp3) is 0.650. The number of likely N-dealkylation sites (tertiary alicyclic amines) is 1. The maximum Gasteiger partial charge on any atom is 0.329 e. The lowest BCUT2D eigenvalue weighted by molar-refractivity contribution is -0.152. The predicted octanol–water partition coefficient (Wildman–Crippen LogP) is 3.57. The Balaban J connectivity index is 2.08. The minimum atomic E-state index is -0.694. The van der Waals surface area contributed by atoms with Gasteiger partial charge in [0.15, 0.2) is 0 Å². The topological polar surface area (TPSA) is 64.4 Å². The van der Waals surface area contributed by atoms with Crippen LogP contribution in [0.2, 0.25) is 0 Å². The fourth-order valence-electron chi connectivity index (χ4n) is 3.49. The van der Waals surface area contributed by atoms with Gasteiger partial charge in [-0.05, 0) is 65.6 Å². The van der Waals surface area contributed by atoms with E-state index in [4.69, 9.17) is 9.72 Å². The Kier molecular flexibility index (Phi) is 6.01. The van der Waals surface area contributed by atoms with Crippen molar-refractivity contribution in [2.24, 2.45) is 0 Å². The zero-order chi connectivity index (χ0) is 19.7. The van der Waals surface area contributed by atoms with Gasteiger partial charge in [-0.25, -0.2) is 9.78 Å². The van der Waals surface area contributed by atoms with Gasteiger partial charge < -0.3 is 4.74 Å². The molecule has 0 bridgehead atoms. The highest BCUT2D eigenvalue weighted by atomic mass is 32.1. The van der Waals surface area contributed by atoms with Gasteiger partial charge in [-0.15, -0.1) is 11.3 Å². The van der Waals surface area contributed by atoms with Crippen LogP contribution in [0.1, 0.15) is 62.3 Å². The molecule has 0 amide bonds. The van der Waals surface area contributed by atoms with Crippen LogP contribution < -0.4 is 5.56 Å². The number of esters is 1. The van der Waals surface area contributed by atoms with Crippen molar-refractivity contribution < 1.29 is 9.53 Å². The monoisotopic (exact) mass is 391 g/mol. The number of aromatic nitrogens is 2. The Morgan fingerprint density at radius 1 is 1.26 bits per heavy atom. The largest absolute Gasteiger partial charge is 0.461 e. The highest BCUT2D eigenvalue weighted by molar-refractivity contribution is 7.18. The third-order valence-corrected chi connectivity index (χ3v) is 6.59. The summed E-state index contributed by atoms with van der Waals surface area (Å²) in [5.41, 5.74) is 0.820. The molecule has 0 saturated carbocycles. The van der Waals surface area contributed by atoms with Gasteiger partial charge in [-0.3, -0.25) is 14.3 Å². The normalized spacial score (nSPS) is 17.4. The first-order valence-electron chi connectivity index (χ1n) is 9.77. The van der Waals surface area contributed by atoms with Gasteiger partial charge in [-0.1, -0.05) is 6.92 Å². The molecule has 3 rings (SSSR count). The van der Waals surface area contributed by atoms with Gasteiger partial charge >= 0.3 is 5.97 Å². The summed E-state index contributed by atoms with van der Waals surface area (Å²) >= 11 is 1.55. The lowest BCUT2D eigenvalue weighted by Crippen LogP contribution is -2.36. The van der Waals surface area contributed by atoms with Crippen molar-refractivity contribution >= 4 is 27.5 Å². The van der Waals surface area contributed by atoms with Crippen LogP contribution in [0.5, 0.6) is 0 Å². The molecule has 1 saturated heterocycles. The summed E-state index contributed by atoms with van der Waals surface area (Å²) in [5.74, 6) is 0.282. The number of carbonyl (C=O) groups excluding carboxylic acids is 1. The number of hydrogen-bond donors (Lipinski definition) is 0. The Morgan fingerprint density at radius 2 is 1.93 bits per heavy atom. The van der Waals surface area contributed by atoms with E-state index < -0.39 is 6.04 Å². The van der Waals surface area contributed by atoms with Crippen LogP contribution in [-0.4, -0.2) is 39.6 Å². The van der Waals surface area contributed by atoms with E-state index >= 15 is 0 Å². The lowest BCUT2D eigenvalue weighted by Gasteiger charge is -2.22. The quantitative estimate of drug-likeness (QED) is 0.705. The first kappa shape index (κ1) is 20.0. The molecule has 2 atom stereocenters. The number of rotatable bonds is 6. The van der Waals surface area contributed by atoms with E-state index in [2.05, 4.69) is 4.90 Å². The lowest BCUT2D eigenvalue weighted by atomic mass is 10.2. The smallest absolute Gasteiger partial charge is 0.329 e. The van der Waals surface area contributed by atoms with Crippen molar-refractivity contribution in [1.29, 1.82) is 0 Å². The summed E-state index contributed by atoms with van der Waals surface area (Å²) in [5, 5.41) is 0.630. The predicted molar refractivity (Wildman–Crippen MR) is 108 cm³/mol. The van der Waals surface area contributed by atoms with E-state index in [1.807, 2.05) is 27.7 Å². The molecule has 6 nitrogen and oxygen atoms in total. The van der Waals surface area contributed by atoms with Crippen LogP contribution in [0.25, 0.3) is 10.2 Å². The van der Waals surface area contributed by atoms with Crippen molar-refractivity contribution in [3.05, 3.63) is 26.6 Å².